The van der Waals surface area contributed by atoms with Crippen LogP contribution >= 0.6 is 31.9 Å². The van der Waals surface area contributed by atoms with Gasteiger partial charge in [-0.25, -0.2) is 4.39 Å². The number of carbonyl (C=O) groups is 1. The Labute approximate surface area is 132 Å². The Kier molecular flexibility index (Phi) is 4.69. The number of rotatable bonds is 3. The van der Waals surface area contributed by atoms with Crippen LogP contribution in [0.4, 0.5) is 4.39 Å². The molecule has 2 nitrogen and oxygen atoms in total. The third kappa shape index (κ3) is 3.14. The average molecular weight is 397 g/mol. The van der Waals surface area contributed by atoms with E-state index in [1.165, 1.54) is 18.2 Å². The topological polar surface area (TPSA) is 40.9 Å². The summed E-state index contributed by atoms with van der Waals surface area (Å²) in [5.41, 5.74) is 0.890. The fraction of sp³-hybridized carbons (Fsp3) is 0.0667. The lowest BCUT2D eigenvalue weighted by Gasteiger charge is -2.10. The number of nitriles is 1. The average Bonchev–Trinajstić information content (AvgIpc) is 2.39. The molecule has 0 spiro atoms. The second kappa shape index (κ2) is 6.29. The van der Waals surface area contributed by atoms with Crippen molar-refractivity contribution in [2.45, 2.75) is 5.92 Å². The quantitative estimate of drug-likeness (QED) is 0.696. The lowest BCUT2D eigenvalue weighted by Crippen LogP contribution is -2.12. The van der Waals surface area contributed by atoms with E-state index in [9.17, 15) is 14.4 Å². The van der Waals surface area contributed by atoms with E-state index in [0.29, 0.717) is 10.0 Å². The molecule has 0 radical (unpaired) electrons. The van der Waals surface area contributed by atoms with Crippen LogP contribution in [0.2, 0.25) is 0 Å². The van der Waals surface area contributed by atoms with Gasteiger partial charge >= 0.3 is 0 Å². The van der Waals surface area contributed by atoms with Gasteiger partial charge in [0.25, 0.3) is 0 Å². The first-order valence-corrected chi connectivity index (χ1v) is 7.26. The zero-order valence-corrected chi connectivity index (χ0v) is 13.3. The van der Waals surface area contributed by atoms with Crippen LogP contribution in [0.25, 0.3) is 0 Å². The lowest BCUT2D eigenvalue weighted by atomic mass is 9.92. The van der Waals surface area contributed by atoms with E-state index in [1.807, 2.05) is 12.1 Å². The highest BCUT2D eigenvalue weighted by atomic mass is 79.9. The Hall–Kier alpha value is -1.51. The maximum absolute atomic E-state index is 13.1. The summed E-state index contributed by atoms with van der Waals surface area (Å²) in [6.07, 6.45) is 0. The minimum Gasteiger partial charge on any atom is -0.292 e. The summed E-state index contributed by atoms with van der Waals surface area (Å²) in [5, 5.41) is 9.27. The monoisotopic (exact) mass is 395 g/mol. The highest BCUT2D eigenvalue weighted by molar-refractivity contribution is 9.10. The predicted molar refractivity (Wildman–Crippen MR) is 80.9 cm³/mol. The van der Waals surface area contributed by atoms with Gasteiger partial charge in [-0.1, -0.05) is 28.1 Å². The highest BCUT2D eigenvalue weighted by Crippen LogP contribution is 2.27. The zero-order valence-electron chi connectivity index (χ0n) is 10.1. The van der Waals surface area contributed by atoms with E-state index < -0.39 is 11.7 Å². The van der Waals surface area contributed by atoms with E-state index in [2.05, 4.69) is 31.9 Å². The van der Waals surface area contributed by atoms with Crippen LogP contribution in [0.3, 0.4) is 0 Å². The highest BCUT2D eigenvalue weighted by Gasteiger charge is 2.23. The van der Waals surface area contributed by atoms with E-state index >= 15 is 0 Å². The Balaban J connectivity index is 2.42. The van der Waals surface area contributed by atoms with E-state index in [0.717, 1.165) is 4.47 Å². The lowest BCUT2D eigenvalue weighted by molar-refractivity contribution is 0.0978. The molecule has 0 bridgehead atoms. The van der Waals surface area contributed by atoms with Crippen molar-refractivity contribution in [2.24, 2.45) is 0 Å². The molecule has 2 rings (SSSR count). The molecular formula is C15H8Br2FNO. The maximum atomic E-state index is 13.1. The molecule has 2 aromatic carbocycles. The van der Waals surface area contributed by atoms with Crippen molar-refractivity contribution in [2.75, 3.05) is 0 Å². The number of benzene rings is 2. The van der Waals surface area contributed by atoms with Crippen molar-refractivity contribution in [3.8, 4) is 6.07 Å². The molecule has 0 saturated carbocycles. The number of halogens is 3. The van der Waals surface area contributed by atoms with Gasteiger partial charge in [0.05, 0.1) is 6.07 Å². The first kappa shape index (κ1) is 14.9. The molecule has 0 aliphatic carbocycles. The first-order chi connectivity index (χ1) is 9.52. The van der Waals surface area contributed by atoms with Crippen LogP contribution in [0.5, 0.6) is 0 Å². The fourth-order valence-electron chi connectivity index (χ4n) is 1.82. The molecule has 0 saturated heterocycles. The van der Waals surface area contributed by atoms with Gasteiger partial charge in [-0.05, 0) is 51.8 Å². The van der Waals surface area contributed by atoms with E-state index in [4.69, 9.17) is 0 Å². The minimum absolute atomic E-state index is 0.290. The number of hydrogen-bond acceptors (Lipinski definition) is 2. The van der Waals surface area contributed by atoms with Crippen molar-refractivity contribution < 1.29 is 9.18 Å². The van der Waals surface area contributed by atoms with Crippen molar-refractivity contribution in [1.29, 1.82) is 5.26 Å². The molecule has 5 heteroatoms. The summed E-state index contributed by atoms with van der Waals surface area (Å²) in [7, 11) is 0. The van der Waals surface area contributed by atoms with Crippen molar-refractivity contribution >= 4 is 37.6 Å². The third-order valence-corrected chi connectivity index (χ3v) is 3.92. The predicted octanol–water partition coefficient (Wildman–Crippen LogP) is 4.84. The Bertz CT molecular complexity index is 709. The standard InChI is InChI=1S/C15H8Br2FNO/c16-10-3-1-2-9(6-10)13(8-19)15(20)12-5-4-11(18)7-14(12)17/h1-7,13H. The minimum atomic E-state index is -0.922. The number of Topliss-reactive ketones (excluding diaryl/α,β-unsaturated/α-hetero) is 1. The fourth-order valence-corrected chi connectivity index (χ4v) is 2.78. The molecule has 1 unspecified atom stereocenters. The maximum Gasteiger partial charge on any atom is 0.185 e. The van der Waals surface area contributed by atoms with Crippen LogP contribution in [-0.4, -0.2) is 5.78 Å². The number of nitrogens with zero attached hydrogens (tertiary/aromatic N) is 1. The van der Waals surface area contributed by atoms with Gasteiger partial charge in [0.2, 0.25) is 0 Å². The van der Waals surface area contributed by atoms with Crippen molar-refractivity contribution in [3.63, 3.8) is 0 Å². The number of ketones is 1. The Morgan fingerprint density at radius 1 is 1.20 bits per heavy atom. The van der Waals surface area contributed by atoms with Gasteiger partial charge in [0.1, 0.15) is 11.7 Å². The van der Waals surface area contributed by atoms with Gasteiger partial charge in [-0.2, -0.15) is 5.26 Å². The smallest absolute Gasteiger partial charge is 0.185 e. The van der Waals surface area contributed by atoms with Crippen LogP contribution in [0, 0.1) is 17.1 Å². The zero-order chi connectivity index (χ0) is 14.7. The van der Waals surface area contributed by atoms with Gasteiger partial charge < -0.3 is 0 Å². The van der Waals surface area contributed by atoms with Crippen molar-refractivity contribution in [3.05, 3.63) is 68.4 Å². The molecule has 0 aliphatic rings. The summed E-state index contributed by atoms with van der Waals surface area (Å²) in [6, 6.07) is 12.8. The number of hydrogen-bond donors (Lipinski definition) is 0. The second-order valence-electron chi connectivity index (χ2n) is 4.11. The summed E-state index contributed by atoms with van der Waals surface area (Å²) in [5.74, 6) is -1.73. The van der Waals surface area contributed by atoms with Crippen LogP contribution in [-0.2, 0) is 0 Å². The molecule has 20 heavy (non-hydrogen) atoms. The van der Waals surface area contributed by atoms with Gasteiger partial charge in [0, 0.05) is 14.5 Å². The summed E-state index contributed by atoms with van der Waals surface area (Å²) in [6.45, 7) is 0. The summed E-state index contributed by atoms with van der Waals surface area (Å²) < 4.78 is 14.2. The van der Waals surface area contributed by atoms with Crippen LogP contribution < -0.4 is 0 Å². The molecule has 0 fully saturated rings. The molecule has 100 valence electrons. The molecule has 0 aliphatic heterocycles. The second-order valence-corrected chi connectivity index (χ2v) is 5.88. The molecule has 0 amide bonds. The Morgan fingerprint density at radius 3 is 2.55 bits per heavy atom. The Morgan fingerprint density at radius 2 is 1.95 bits per heavy atom. The third-order valence-electron chi connectivity index (χ3n) is 2.77. The normalized spacial score (nSPS) is 11.7. The molecule has 0 N–H and O–H groups in total. The van der Waals surface area contributed by atoms with Crippen LogP contribution in [0.15, 0.2) is 51.4 Å². The summed E-state index contributed by atoms with van der Waals surface area (Å²) in [4.78, 5) is 12.4. The van der Waals surface area contributed by atoms with E-state index in [-0.39, 0.29) is 11.3 Å². The van der Waals surface area contributed by atoms with Crippen LogP contribution in [0.1, 0.15) is 21.8 Å². The molecule has 2 aromatic rings. The molecular weight excluding hydrogens is 389 g/mol. The van der Waals surface area contributed by atoms with Crippen molar-refractivity contribution in [1.82, 2.24) is 0 Å². The largest absolute Gasteiger partial charge is 0.292 e. The van der Waals surface area contributed by atoms with Gasteiger partial charge in [0.15, 0.2) is 5.78 Å². The molecule has 1 atom stereocenters. The SMILES string of the molecule is N#CC(C(=O)c1ccc(F)cc1Br)c1cccc(Br)c1. The molecule has 0 aromatic heterocycles. The summed E-state index contributed by atoms with van der Waals surface area (Å²) >= 11 is 6.46. The van der Waals surface area contributed by atoms with Gasteiger partial charge in [-0.3, -0.25) is 4.79 Å². The first-order valence-electron chi connectivity index (χ1n) is 5.67. The van der Waals surface area contributed by atoms with E-state index in [1.54, 1.807) is 18.2 Å². The van der Waals surface area contributed by atoms with Gasteiger partial charge in [-0.15, -0.1) is 0 Å². The molecule has 0 heterocycles. The number of carbonyl (C=O) groups excluding carboxylic acids is 1.